The van der Waals surface area contributed by atoms with Gasteiger partial charge in [-0.25, -0.2) is 0 Å². The van der Waals surface area contributed by atoms with Gasteiger partial charge in [0.15, 0.2) is 0 Å². The minimum absolute atomic E-state index is 0.929. The molecular weight excluding hydrogens is 472 g/mol. The average Bonchev–Trinajstić information content (AvgIpc) is 2.99. The fourth-order valence-electron chi connectivity index (χ4n) is 6.55. The van der Waals surface area contributed by atoms with Crippen molar-refractivity contribution in [3.8, 4) is 33.8 Å². The van der Waals surface area contributed by atoms with Crippen LogP contribution < -0.4 is 4.74 Å². The van der Waals surface area contributed by atoms with E-state index in [1.807, 2.05) is 0 Å². The van der Waals surface area contributed by atoms with Gasteiger partial charge in [-0.05, 0) is 83.9 Å². The van der Waals surface area contributed by atoms with E-state index >= 15 is 0 Å². The van der Waals surface area contributed by atoms with Crippen LogP contribution in [-0.4, -0.2) is 0 Å². The Morgan fingerprint density at radius 3 is 1.90 bits per heavy atom. The summed E-state index contributed by atoms with van der Waals surface area (Å²) in [5.41, 5.74) is 4.65. The molecule has 39 heavy (non-hydrogen) atoms. The molecule has 1 heteroatoms. The van der Waals surface area contributed by atoms with Gasteiger partial charge in [0.25, 0.3) is 0 Å². The van der Waals surface area contributed by atoms with Crippen LogP contribution in [0.5, 0.6) is 11.5 Å². The second kappa shape index (κ2) is 7.69. The number of fused-ring (bicyclic) bond motifs is 8. The standard InChI is InChI=1S/C38H22O/c1-2-8-24-21-35-28(19-23(24)7-1)16-15-26-20-27(17-18-30(26)35)31-11-5-14-34-33-13-6-12-32-29-10-4-3-9-25(29)22-36(37(32)33)39-38(31)34/h1-22H. The number of para-hydroxylation sites is 1. The highest BCUT2D eigenvalue weighted by atomic mass is 16.5. The lowest BCUT2D eigenvalue weighted by Crippen LogP contribution is -1.99. The van der Waals surface area contributed by atoms with E-state index in [2.05, 4.69) is 133 Å². The Labute approximate surface area is 225 Å². The topological polar surface area (TPSA) is 9.23 Å². The average molecular weight is 495 g/mol. The van der Waals surface area contributed by atoms with Crippen LogP contribution in [0.1, 0.15) is 0 Å². The van der Waals surface area contributed by atoms with Crippen molar-refractivity contribution in [1.82, 2.24) is 0 Å². The lowest BCUT2D eigenvalue weighted by atomic mass is 9.89. The van der Waals surface area contributed by atoms with Crippen LogP contribution in [0.2, 0.25) is 0 Å². The maximum absolute atomic E-state index is 6.77. The third kappa shape index (κ3) is 2.96. The molecule has 0 radical (unpaired) electrons. The van der Waals surface area contributed by atoms with Gasteiger partial charge >= 0.3 is 0 Å². The largest absolute Gasteiger partial charge is 0.455 e. The minimum atomic E-state index is 0.929. The molecule has 0 unspecified atom stereocenters. The van der Waals surface area contributed by atoms with Crippen LogP contribution in [0.3, 0.4) is 0 Å². The van der Waals surface area contributed by atoms with Crippen molar-refractivity contribution in [1.29, 1.82) is 0 Å². The number of rotatable bonds is 1. The van der Waals surface area contributed by atoms with E-state index in [1.54, 1.807) is 0 Å². The molecule has 1 heterocycles. The zero-order valence-corrected chi connectivity index (χ0v) is 21.1. The van der Waals surface area contributed by atoms with Crippen LogP contribution in [-0.2, 0) is 0 Å². The first-order valence-corrected chi connectivity index (χ1v) is 13.4. The van der Waals surface area contributed by atoms with Crippen molar-refractivity contribution in [2.45, 2.75) is 0 Å². The third-order valence-corrected chi connectivity index (χ3v) is 8.38. The molecule has 8 aromatic carbocycles. The Bertz CT molecular complexity index is 2310. The maximum atomic E-state index is 6.77. The quantitative estimate of drug-likeness (QED) is 0.163. The first-order chi connectivity index (χ1) is 19.3. The fourth-order valence-corrected chi connectivity index (χ4v) is 6.55. The Balaban J connectivity index is 1.26. The summed E-state index contributed by atoms with van der Waals surface area (Å²) in [5.74, 6) is 1.86. The van der Waals surface area contributed by atoms with Gasteiger partial charge in [-0.15, -0.1) is 0 Å². The van der Waals surface area contributed by atoms with Gasteiger partial charge in [0.2, 0.25) is 0 Å². The molecule has 0 atom stereocenters. The second-order valence-corrected chi connectivity index (χ2v) is 10.5. The Morgan fingerprint density at radius 2 is 1.00 bits per heavy atom. The lowest BCUT2D eigenvalue weighted by Gasteiger charge is -2.24. The van der Waals surface area contributed by atoms with Crippen molar-refractivity contribution in [3.05, 3.63) is 133 Å². The third-order valence-electron chi connectivity index (χ3n) is 8.38. The molecule has 0 amide bonds. The van der Waals surface area contributed by atoms with Crippen LogP contribution in [0, 0.1) is 0 Å². The summed E-state index contributed by atoms with van der Waals surface area (Å²) in [7, 11) is 0. The second-order valence-electron chi connectivity index (χ2n) is 10.5. The predicted octanol–water partition coefficient (Wildman–Crippen LogP) is 10.9. The van der Waals surface area contributed by atoms with Crippen LogP contribution >= 0.6 is 0 Å². The van der Waals surface area contributed by atoms with Gasteiger partial charge in [-0.1, -0.05) is 109 Å². The van der Waals surface area contributed by atoms with Gasteiger partial charge in [-0.2, -0.15) is 0 Å². The fraction of sp³-hybridized carbons (Fsp3) is 0. The SMILES string of the molecule is c1cc(-c2ccc3c(ccc4cc5ccccc5cc43)c2)c2c(c1)-c1cccc3c1c(cc1ccccc13)O2. The molecule has 0 fully saturated rings. The Hall–Kier alpha value is -5.14. The van der Waals surface area contributed by atoms with Crippen molar-refractivity contribution < 1.29 is 4.74 Å². The summed E-state index contributed by atoms with van der Waals surface area (Å²) in [4.78, 5) is 0. The normalized spacial score (nSPS) is 12.3. The molecule has 0 aromatic heterocycles. The summed E-state index contributed by atoms with van der Waals surface area (Å²) < 4.78 is 6.77. The summed E-state index contributed by atoms with van der Waals surface area (Å²) in [5, 5.41) is 12.5. The number of hydrogen-bond acceptors (Lipinski definition) is 1. The summed E-state index contributed by atoms with van der Waals surface area (Å²) >= 11 is 0. The van der Waals surface area contributed by atoms with Gasteiger partial charge in [0, 0.05) is 16.5 Å². The highest BCUT2D eigenvalue weighted by Gasteiger charge is 2.24. The highest BCUT2D eigenvalue weighted by molar-refractivity contribution is 6.17. The van der Waals surface area contributed by atoms with Crippen molar-refractivity contribution >= 4 is 53.9 Å². The molecule has 0 saturated carbocycles. The number of ether oxygens (including phenoxy) is 1. The van der Waals surface area contributed by atoms with Gasteiger partial charge in [0.1, 0.15) is 11.5 Å². The smallest absolute Gasteiger partial charge is 0.143 e. The van der Waals surface area contributed by atoms with E-state index in [0.717, 1.165) is 28.2 Å². The zero-order chi connectivity index (χ0) is 25.5. The van der Waals surface area contributed by atoms with E-state index in [4.69, 9.17) is 4.74 Å². The lowest BCUT2D eigenvalue weighted by molar-refractivity contribution is 0.489. The molecule has 8 aromatic rings. The monoisotopic (exact) mass is 494 g/mol. The predicted molar refractivity (Wildman–Crippen MR) is 165 cm³/mol. The summed E-state index contributed by atoms with van der Waals surface area (Å²) in [6.07, 6.45) is 0. The first kappa shape index (κ1) is 20.9. The van der Waals surface area contributed by atoms with Crippen molar-refractivity contribution in [2.75, 3.05) is 0 Å². The number of hydrogen-bond donors (Lipinski definition) is 0. The maximum Gasteiger partial charge on any atom is 0.143 e. The highest BCUT2D eigenvalue weighted by Crippen LogP contribution is 2.51. The van der Waals surface area contributed by atoms with E-state index in [-0.39, 0.29) is 0 Å². The van der Waals surface area contributed by atoms with Crippen LogP contribution in [0.4, 0.5) is 0 Å². The van der Waals surface area contributed by atoms with Crippen LogP contribution in [0.15, 0.2) is 133 Å². The summed E-state index contributed by atoms with van der Waals surface area (Å²) in [6.45, 7) is 0. The number of benzene rings is 8. The molecule has 0 saturated heterocycles. The van der Waals surface area contributed by atoms with E-state index in [1.165, 1.54) is 59.4 Å². The molecule has 0 N–H and O–H groups in total. The zero-order valence-electron chi connectivity index (χ0n) is 21.1. The Kier molecular flexibility index (Phi) is 4.11. The van der Waals surface area contributed by atoms with Gasteiger partial charge in [-0.3, -0.25) is 0 Å². The van der Waals surface area contributed by atoms with Crippen molar-refractivity contribution in [3.63, 3.8) is 0 Å². The molecule has 9 rings (SSSR count). The van der Waals surface area contributed by atoms with Crippen molar-refractivity contribution in [2.24, 2.45) is 0 Å². The molecule has 1 nitrogen and oxygen atoms in total. The molecule has 0 spiro atoms. The van der Waals surface area contributed by atoms with E-state index in [0.29, 0.717) is 0 Å². The summed E-state index contributed by atoms with van der Waals surface area (Å²) in [6, 6.07) is 48.4. The van der Waals surface area contributed by atoms with Gasteiger partial charge < -0.3 is 4.74 Å². The van der Waals surface area contributed by atoms with E-state index < -0.39 is 0 Å². The Morgan fingerprint density at radius 1 is 0.359 bits per heavy atom. The molecule has 0 bridgehead atoms. The molecular formula is C38H22O. The van der Waals surface area contributed by atoms with E-state index in [9.17, 15) is 0 Å². The van der Waals surface area contributed by atoms with Crippen LogP contribution in [0.25, 0.3) is 76.1 Å². The van der Waals surface area contributed by atoms with Gasteiger partial charge in [0.05, 0.1) is 0 Å². The minimum Gasteiger partial charge on any atom is -0.455 e. The molecule has 1 aliphatic rings. The first-order valence-electron chi connectivity index (χ1n) is 13.4. The molecule has 0 aliphatic carbocycles. The molecule has 1 aliphatic heterocycles. The molecule has 180 valence electrons.